The van der Waals surface area contributed by atoms with Crippen molar-refractivity contribution in [2.24, 2.45) is 0 Å². The number of amides is 1. The number of hydrogen-bond acceptors (Lipinski definition) is 6. The number of halogens is 1. The van der Waals surface area contributed by atoms with Crippen LogP contribution < -0.4 is 0 Å². The fourth-order valence-corrected chi connectivity index (χ4v) is 4.17. The predicted molar refractivity (Wildman–Crippen MR) is 116 cm³/mol. The summed E-state index contributed by atoms with van der Waals surface area (Å²) in [7, 11) is 1.64. The molecule has 7 nitrogen and oxygen atoms in total. The van der Waals surface area contributed by atoms with Crippen molar-refractivity contribution in [2.45, 2.75) is 37.1 Å². The molecule has 1 aliphatic carbocycles. The number of benzene rings is 1. The Balaban J connectivity index is 1.48. The van der Waals surface area contributed by atoms with Gasteiger partial charge in [-0.15, -0.1) is 10.2 Å². The van der Waals surface area contributed by atoms with E-state index in [0.29, 0.717) is 29.7 Å². The molecule has 0 atom stereocenters. The number of aromatic nitrogens is 4. The third kappa shape index (κ3) is 5.29. The molecule has 1 amide bonds. The van der Waals surface area contributed by atoms with Crippen LogP contribution in [0.1, 0.15) is 18.4 Å². The quantitative estimate of drug-likeness (QED) is 0.449. The largest absolute Gasteiger partial charge is 0.383 e. The van der Waals surface area contributed by atoms with E-state index in [9.17, 15) is 9.18 Å². The summed E-state index contributed by atoms with van der Waals surface area (Å²) < 4.78 is 21.3. The van der Waals surface area contributed by atoms with Gasteiger partial charge in [-0.25, -0.2) is 4.39 Å². The maximum absolute atomic E-state index is 14.1. The fraction of sp³-hybridized carbons (Fsp3) is 0.364. The minimum atomic E-state index is -0.282. The van der Waals surface area contributed by atoms with E-state index in [2.05, 4.69) is 15.2 Å². The van der Waals surface area contributed by atoms with Crippen LogP contribution in [0.25, 0.3) is 11.4 Å². The van der Waals surface area contributed by atoms with Gasteiger partial charge in [-0.1, -0.05) is 30.0 Å². The molecule has 2 aromatic heterocycles. The van der Waals surface area contributed by atoms with Crippen molar-refractivity contribution in [3.05, 3.63) is 60.2 Å². The zero-order valence-corrected chi connectivity index (χ0v) is 18.1. The lowest BCUT2D eigenvalue weighted by atomic mass is 10.2. The molecule has 1 saturated carbocycles. The highest BCUT2D eigenvalue weighted by Gasteiger charge is 2.33. The smallest absolute Gasteiger partial charge is 0.233 e. The molecule has 162 valence electrons. The zero-order valence-electron chi connectivity index (χ0n) is 17.3. The van der Waals surface area contributed by atoms with Crippen molar-refractivity contribution in [1.82, 2.24) is 24.6 Å². The number of hydrogen-bond donors (Lipinski definition) is 0. The Hall–Kier alpha value is -2.78. The first-order chi connectivity index (χ1) is 15.2. The molecule has 1 aliphatic rings. The molecule has 0 saturated heterocycles. The summed E-state index contributed by atoms with van der Waals surface area (Å²) in [6, 6.07) is 10.5. The van der Waals surface area contributed by atoms with Gasteiger partial charge in [-0.3, -0.25) is 14.3 Å². The van der Waals surface area contributed by atoms with Crippen LogP contribution in [-0.2, 0) is 22.6 Å². The van der Waals surface area contributed by atoms with Crippen LogP contribution in [0, 0.1) is 5.82 Å². The number of carbonyl (C=O) groups excluding carboxylic acids is 1. The molecule has 9 heteroatoms. The van der Waals surface area contributed by atoms with E-state index in [1.165, 1.54) is 17.8 Å². The molecular formula is C22H24FN5O2S. The number of thioether (sulfide) groups is 1. The lowest BCUT2D eigenvalue weighted by Gasteiger charge is -2.22. The summed E-state index contributed by atoms with van der Waals surface area (Å²) in [5.41, 5.74) is 1.44. The zero-order chi connectivity index (χ0) is 21.6. The summed E-state index contributed by atoms with van der Waals surface area (Å²) in [6.45, 7) is 1.35. The maximum Gasteiger partial charge on any atom is 0.233 e. The van der Waals surface area contributed by atoms with Crippen molar-refractivity contribution in [3.8, 4) is 11.4 Å². The second-order valence-electron chi connectivity index (χ2n) is 7.32. The summed E-state index contributed by atoms with van der Waals surface area (Å²) in [5, 5.41) is 9.28. The fourth-order valence-electron chi connectivity index (χ4n) is 3.32. The first-order valence-electron chi connectivity index (χ1n) is 10.2. The standard InChI is InChI=1S/C22H24FN5O2S/c1-30-13-12-27-21(16-8-10-24-11-9-16)25-26-22(27)31-15-20(29)28(18-6-7-18)14-17-4-2-3-5-19(17)23/h2-5,8-11,18H,6-7,12-15H2,1H3. The van der Waals surface area contributed by atoms with Gasteiger partial charge in [0, 0.05) is 43.2 Å². The summed E-state index contributed by atoms with van der Waals surface area (Å²) in [6.07, 6.45) is 5.33. The van der Waals surface area contributed by atoms with Crippen LogP contribution in [-0.4, -0.2) is 56.1 Å². The lowest BCUT2D eigenvalue weighted by Crippen LogP contribution is -2.34. The number of carbonyl (C=O) groups is 1. The number of methoxy groups -OCH3 is 1. The van der Waals surface area contributed by atoms with Gasteiger partial charge in [0.05, 0.1) is 18.9 Å². The Labute approximate surface area is 184 Å². The number of nitrogens with zero attached hydrogens (tertiary/aromatic N) is 5. The van der Waals surface area contributed by atoms with Crippen LogP contribution in [0.4, 0.5) is 4.39 Å². The van der Waals surface area contributed by atoms with Crippen LogP contribution in [0.15, 0.2) is 53.9 Å². The Kier molecular flexibility index (Phi) is 6.93. The average molecular weight is 442 g/mol. The van der Waals surface area contributed by atoms with Gasteiger partial charge in [-0.05, 0) is 31.0 Å². The summed E-state index contributed by atoms with van der Waals surface area (Å²) in [5.74, 6) is 0.615. The molecule has 0 N–H and O–H groups in total. The van der Waals surface area contributed by atoms with E-state index in [1.807, 2.05) is 16.7 Å². The molecule has 4 rings (SSSR count). The average Bonchev–Trinajstić information content (AvgIpc) is 3.55. The van der Waals surface area contributed by atoms with Gasteiger partial charge in [0.2, 0.25) is 5.91 Å². The monoisotopic (exact) mass is 441 g/mol. The molecule has 3 aromatic rings. The Morgan fingerprint density at radius 1 is 1.23 bits per heavy atom. The molecule has 0 bridgehead atoms. The molecule has 2 heterocycles. The summed E-state index contributed by atoms with van der Waals surface area (Å²) in [4.78, 5) is 18.8. The van der Waals surface area contributed by atoms with Crippen molar-refractivity contribution >= 4 is 17.7 Å². The highest BCUT2D eigenvalue weighted by molar-refractivity contribution is 7.99. The van der Waals surface area contributed by atoms with E-state index in [4.69, 9.17) is 4.74 Å². The highest BCUT2D eigenvalue weighted by atomic mass is 32.2. The Morgan fingerprint density at radius 3 is 2.71 bits per heavy atom. The summed E-state index contributed by atoms with van der Waals surface area (Å²) >= 11 is 1.34. The van der Waals surface area contributed by atoms with E-state index in [-0.39, 0.29) is 30.1 Å². The van der Waals surface area contributed by atoms with Gasteiger partial charge in [0.25, 0.3) is 0 Å². The molecule has 31 heavy (non-hydrogen) atoms. The molecule has 1 fully saturated rings. The van der Waals surface area contributed by atoms with E-state index >= 15 is 0 Å². The second kappa shape index (κ2) is 10.0. The third-order valence-electron chi connectivity index (χ3n) is 5.11. The van der Waals surface area contributed by atoms with Crippen molar-refractivity contribution in [1.29, 1.82) is 0 Å². The number of ether oxygens (including phenoxy) is 1. The van der Waals surface area contributed by atoms with Gasteiger partial charge < -0.3 is 9.64 Å². The van der Waals surface area contributed by atoms with Crippen molar-refractivity contribution < 1.29 is 13.9 Å². The van der Waals surface area contributed by atoms with Crippen LogP contribution in [0.2, 0.25) is 0 Å². The molecule has 0 unspecified atom stereocenters. The van der Waals surface area contributed by atoms with Gasteiger partial charge in [0.1, 0.15) is 5.82 Å². The molecule has 0 radical (unpaired) electrons. The van der Waals surface area contributed by atoms with Crippen LogP contribution in [0.5, 0.6) is 0 Å². The predicted octanol–water partition coefficient (Wildman–Crippen LogP) is 3.41. The SMILES string of the molecule is COCCn1c(SCC(=O)N(Cc2ccccc2F)C2CC2)nnc1-c1ccncc1. The second-order valence-corrected chi connectivity index (χ2v) is 8.26. The highest BCUT2D eigenvalue weighted by Crippen LogP contribution is 2.30. The molecule has 1 aromatic carbocycles. The van der Waals surface area contributed by atoms with Crippen LogP contribution >= 0.6 is 11.8 Å². The van der Waals surface area contributed by atoms with Gasteiger partial charge in [0.15, 0.2) is 11.0 Å². The van der Waals surface area contributed by atoms with E-state index < -0.39 is 0 Å². The van der Waals surface area contributed by atoms with Gasteiger partial charge in [-0.2, -0.15) is 0 Å². The molecule has 0 aliphatic heterocycles. The first-order valence-corrected chi connectivity index (χ1v) is 11.1. The topological polar surface area (TPSA) is 73.1 Å². The number of pyridine rings is 1. The maximum atomic E-state index is 14.1. The third-order valence-corrected chi connectivity index (χ3v) is 6.06. The van der Waals surface area contributed by atoms with Crippen LogP contribution in [0.3, 0.4) is 0 Å². The van der Waals surface area contributed by atoms with Gasteiger partial charge >= 0.3 is 0 Å². The Bertz CT molecular complexity index is 1030. The minimum Gasteiger partial charge on any atom is -0.383 e. The van der Waals surface area contributed by atoms with E-state index in [0.717, 1.165) is 18.4 Å². The minimum absolute atomic E-state index is 0.0255. The van der Waals surface area contributed by atoms with E-state index in [1.54, 1.807) is 42.6 Å². The normalized spacial score (nSPS) is 13.4. The number of rotatable bonds is 10. The lowest BCUT2D eigenvalue weighted by molar-refractivity contribution is -0.129. The Morgan fingerprint density at radius 2 is 2.00 bits per heavy atom. The molecular weight excluding hydrogens is 417 g/mol. The molecule has 0 spiro atoms. The van der Waals surface area contributed by atoms with Crippen molar-refractivity contribution in [3.63, 3.8) is 0 Å². The van der Waals surface area contributed by atoms with Crippen molar-refractivity contribution in [2.75, 3.05) is 19.5 Å². The first kappa shape index (κ1) is 21.5.